The minimum atomic E-state index is -1.30. The lowest BCUT2D eigenvalue weighted by Gasteiger charge is -2.31. The van der Waals surface area contributed by atoms with Gasteiger partial charge < -0.3 is 70.9 Å². The minimum absolute atomic E-state index is 0.0984. The van der Waals surface area contributed by atoms with E-state index in [1.54, 1.807) is 88.5 Å². The van der Waals surface area contributed by atoms with Crippen molar-refractivity contribution in [3.05, 3.63) is 146 Å². The summed E-state index contributed by atoms with van der Waals surface area (Å²) in [6.07, 6.45) is 10.7. The molecule has 0 radical (unpaired) electrons. The molecule has 2 aromatic carbocycles. The van der Waals surface area contributed by atoms with Crippen LogP contribution in [0.5, 0.6) is 5.75 Å². The van der Waals surface area contributed by atoms with Crippen molar-refractivity contribution in [2.45, 2.75) is 142 Å². The van der Waals surface area contributed by atoms with Crippen molar-refractivity contribution in [2.24, 2.45) is 35.1 Å². The van der Waals surface area contributed by atoms with Crippen LogP contribution in [0.4, 0.5) is 24.1 Å². The van der Waals surface area contributed by atoms with E-state index in [0.717, 1.165) is 0 Å². The molecule has 0 saturated heterocycles. The lowest BCUT2D eigenvalue weighted by molar-refractivity contribution is -0.116. The molecule has 14 atom stereocenters. The number of halogens is 2. The Balaban J connectivity index is 0.000000261. The van der Waals surface area contributed by atoms with Crippen LogP contribution < -0.4 is 32.8 Å². The van der Waals surface area contributed by atoms with E-state index < -0.39 is 103 Å². The number of phenols is 1. The van der Waals surface area contributed by atoms with E-state index in [1.807, 2.05) is 27.7 Å². The van der Waals surface area contributed by atoms with E-state index in [1.165, 1.54) is 64.9 Å². The lowest BCUT2D eigenvalue weighted by Crippen LogP contribution is -2.38. The number of phenolic OH excluding ortho intramolecular Hbond substituents is 1. The van der Waals surface area contributed by atoms with Crippen LogP contribution in [0.3, 0.4) is 0 Å². The Morgan fingerprint density at radius 1 is 0.652 bits per heavy atom. The number of amides is 4. The third-order valence-corrected chi connectivity index (χ3v) is 16.7. The Morgan fingerprint density at radius 3 is 1.75 bits per heavy atom. The number of allylic oxidation sites excluding steroid dienone is 7. The van der Waals surface area contributed by atoms with Crippen molar-refractivity contribution in [3.8, 4) is 5.75 Å². The SMILES string of the molecule is COC1/C=C\C=C(/C)C(=O)NC2=C(O)C(CC(C)CC(OC)C(O)C(C)/C=C(\C)C1OC(N)=O)c1nc3c(nc1=C2)C=CC(F)C=3.COC1/C=C\C=C(/C)C(=O)Nc2cc3nc4cc(F)ccc4nc3c(c2O)CC(C)CC(OC)C(O)C(C)/C=C(\C)C1OC(N)=O. The maximum atomic E-state index is 14.2. The molecular weight excluding hydrogens is 1190 g/mol. The summed E-state index contributed by atoms with van der Waals surface area (Å²) in [4.78, 5) is 68.8. The number of aromatic nitrogens is 4. The molecule has 0 spiro atoms. The van der Waals surface area contributed by atoms with E-state index in [4.69, 9.17) is 49.9 Å². The van der Waals surface area contributed by atoms with Gasteiger partial charge in [0.05, 0.1) is 85.9 Å². The summed E-state index contributed by atoms with van der Waals surface area (Å²) in [5.41, 5.74) is 15.8. The predicted octanol–water partition coefficient (Wildman–Crippen LogP) is 7.84. The fraction of sp³-hybridized carbons (Fsp3) is 0.441. The van der Waals surface area contributed by atoms with Crippen LogP contribution in [0.2, 0.25) is 0 Å². The molecule has 4 bridgehead atoms. The summed E-state index contributed by atoms with van der Waals surface area (Å²) in [6, 6.07) is 5.59. The molecule has 4 aromatic rings. The largest absolute Gasteiger partial charge is 0.509 e. The number of aliphatic hydroxyl groups excluding tert-OH is 3. The summed E-state index contributed by atoms with van der Waals surface area (Å²) in [5.74, 6) is -3.51. The molecule has 8 rings (SSSR count). The third-order valence-electron chi connectivity index (χ3n) is 16.7. The number of nitrogens with one attached hydrogen (secondary N) is 2. The Labute approximate surface area is 532 Å². The molecule has 2 aliphatic heterocycles. The van der Waals surface area contributed by atoms with Gasteiger partial charge in [-0.15, -0.1) is 0 Å². The van der Waals surface area contributed by atoms with Gasteiger partial charge in [0.2, 0.25) is 0 Å². The maximum Gasteiger partial charge on any atom is 0.405 e. The molecule has 4 heterocycles. The van der Waals surface area contributed by atoms with Crippen LogP contribution in [0.15, 0.2) is 113 Å². The number of nitrogens with two attached hydrogens (primary N) is 2. The zero-order chi connectivity index (χ0) is 67.4. The summed E-state index contributed by atoms with van der Waals surface area (Å²) < 4.78 is 61.6. The van der Waals surface area contributed by atoms with E-state index in [9.17, 15) is 48.4 Å². The van der Waals surface area contributed by atoms with Crippen LogP contribution in [-0.4, -0.2) is 148 Å². The highest BCUT2D eigenvalue weighted by Crippen LogP contribution is 2.38. The quantitative estimate of drug-likeness (QED) is 0.0517. The number of alkyl halides is 1. The number of nitrogens with zero attached hydrogens (tertiary/aromatic N) is 4. The zero-order valence-electron chi connectivity index (χ0n) is 53.7. The molecule has 22 nitrogen and oxygen atoms in total. The normalized spacial score (nSPS) is 30.8. The summed E-state index contributed by atoms with van der Waals surface area (Å²) in [7, 11) is 5.92. The first-order valence-corrected chi connectivity index (χ1v) is 30.2. The fourth-order valence-electron chi connectivity index (χ4n) is 11.7. The fourth-order valence-corrected chi connectivity index (χ4v) is 11.7. The third kappa shape index (κ3) is 17.5. The molecular formula is C68H84F2N8O14. The summed E-state index contributed by atoms with van der Waals surface area (Å²) in [6.45, 7) is 14.3. The zero-order valence-corrected chi connectivity index (χ0v) is 53.7. The van der Waals surface area contributed by atoms with Gasteiger partial charge >= 0.3 is 12.2 Å². The highest BCUT2D eigenvalue weighted by molar-refractivity contribution is 6.06. The number of aliphatic hydroxyl groups is 3. The number of methoxy groups -OCH3 is 4. The number of hydrogen-bond donors (Lipinski definition) is 8. The number of hydrogen-bond acceptors (Lipinski definition) is 18. The molecule has 92 heavy (non-hydrogen) atoms. The van der Waals surface area contributed by atoms with Crippen molar-refractivity contribution in [2.75, 3.05) is 33.8 Å². The highest BCUT2D eigenvalue weighted by Gasteiger charge is 2.35. The smallest absolute Gasteiger partial charge is 0.405 e. The van der Waals surface area contributed by atoms with Crippen molar-refractivity contribution >= 4 is 70.0 Å². The van der Waals surface area contributed by atoms with E-state index >= 15 is 0 Å². The second-order valence-corrected chi connectivity index (χ2v) is 23.9. The Kier molecular flexibility index (Phi) is 24.4. The molecule has 0 fully saturated rings. The van der Waals surface area contributed by atoms with Crippen LogP contribution in [0, 0.1) is 29.5 Å². The monoisotopic (exact) mass is 1270 g/mol. The van der Waals surface area contributed by atoms with Crippen LogP contribution >= 0.6 is 0 Å². The molecule has 494 valence electrons. The summed E-state index contributed by atoms with van der Waals surface area (Å²) >= 11 is 0. The van der Waals surface area contributed by atoms with Gasteiger partial charge in [0.1, 0.15) is 35.7 Å². The number of ether oxygens (including phenoxy) is 6. The number of primary amides is 2. The van der Waals surface area contributed by atoms with Crippen LogP contribution in [0.25, 0.3) is 40.3 Å². The molecule has 4 amide bonds. The molecule has 2 aliphatic carbocycles. The average molecular weight is 1280 g/mol. The van der Waals surface area contributed by atoms with Gasteiger partial charge in [0.15, 0.2) is 12.2 Å². The molecule has 0 saturated carbocycles. The van der Waals surface area contributed by atoms with Gasteiger partial charge in [-0.25, -0.2) is 38.3 Å². The standard InChI is InChI=1S/C34H41FN4O7.C34H43FN4O7/c1-17-12-22-29-25(37-24-15-21(35)10-11-23(24)38-29)16-26(31(22)41)39-33(42)18(2)8-7-9-27(44-5)32(46-34(36)43)20(4)14-19(3)30(40)28(13-17)45-6;1-17-12-22-29-25(37-23-11-10-21(35)15-24(23)38-29)16-26(31(22)41)39-33(42)18(2)8-7-9-27(44-5)32(46-34(36)43)20(4)14-19(3)30(40)28(13-17)45-6/h7-11,14-17,19,27-28,30,32,40-41H,12-13H2,1-6H3,(H2,36,43)(H,39,42);7-11,14-17,19,21-22,27-28,30,32,40-41H,12-13H2,1-6H3,(H2,36,43)(H,39,42)/b2*9-7-,18-8+,20-14+. The van der Waals surface area contributed by atoms with E-state index in [-0.39, 0.29) is 34.7 Å². The van der Waals surface area contributed by atoms with Crippen molar-refractivity contribution in [1.82, 2.24) is 25.3 Å². The van der Waals surface area contributed by atoms with Gasteiger partial charge in [-0.1, -0.05) is 76.3 Å². The van der Waals surface area contributed by atoms with E-state index in [0.29, 0.717) is 97.7 Å². The highest BCUT2D eigenvalue weighted by atomic mass is 19.1. The number of aromatic hydroxyl groups is 1. The van der Waals surface area contributed by atoms with Gasteiger partial charge in [-0.2, -0.15) is 0 Å². The van der Waals surface area contributed by atoms with Crippen molar-refractivity contribution < 1.29 is 76.8 Å². The maximum absolute atomic E-state index is 14.2. The van der Waals surface area contributed by atoms with E-state index in [2.05, 4.69) is 20.6 Å². The molecule has 10 N–H and O–H groups in total. The van der Waals surface area contributed by atoms with Gasteiger partial charge in [-0.3, -0.25) is 9.59 Å². The lowest BCUT2D eigenvalue weighted by atomic mass is 9.83. The molecule has 4 aliphatic rings. The Hall–Kier alpha value is -8.52. The van der Waals surface area contributed by atoms with Crippen molar-refractivity contribution in [1.29, 1.82) is 0 Å². The van der Waals surface area contributed by atoms with Gasteiger partial charge in [-0.05, 0) is 119 Å². The van der Waals surface area contributed by atoms with Crippen LogP contribution in [0.1, 0.15) is 97.5 Å². The average Bonchev–Trinajstić information content (AvgIpc) is 0.784. The second-order valence-electron chi connectivity index (χ2n) is 23.9. The van der Waals surface area contributed by atoms with Gasteiger partial charge in [0, 0.05) is 63.1 Å². The van der Waals surface area contributed by atoms with Crippen molar-refractivity contribution in [3.63, 3.8) is 0 Å². The predicted molar refractivity (Wildman–Crippen MR) is 344 cm³/mol. The minimum Gasteiger partial charge on any atom is -0.509 e. The second kappa shape index (κ2) is 31.7. The molecule has 14 unspecified atom stereocenters. The Morgan fingerprint density at radius 2 is 1.21 bits per heavy atom. The topological polar surface area (TPSA) is 332 Å². The molecule has 24 heteroatoms. The Bertz CT molecular complexity index is 3810. The van der Waals surface area contributed by atoms with Crippen LogP contribution in [-0.2, 0) is 44.4 Å². The number of carbonyl (C=O) groups is 4. The molecule has 2 aromatic heterocycles. The first kappa shape index (κ1) is 70.9. The number of benzene rings is 2. The number of fused-ring (bicyclic) bond motifs is 9. The number of rotatable bonds is 6. The number of anilines is 1. The number of carbonyl (C=O) groups excluding carboxylic acids is 4. The first-order chi connectivity index (χ1) is 43.6. The summed E-state index contributed by atoms with van der Waals surface area (Å²) in [5, 5.41) is 52.1. The first-order valence-electron chi connectivity index (χ1n) is 30.2. The van der Waals surface area contributed by atoms with Gasteiger partial charge in [0.25, 0.3) is 11.8 Å².